The highest BCUT2D eigenvalue weighted by Gasteiger charge is 2.27. The van der Waals surface area contributed by atoms with Gasteiger partial charge in [0.05, 0.1) is 10.1 Å². The number of carbonyl (C=O) groups excluding carboxylic acids is 1. The van der Waals surface area contributed by atoms with Crippen LogP contribution >= 0.6 is 11.5 Å². The molecule has 1 aliphatic rings. The lowest BCUT2D eigenvalue weighted by Crippen LogP contribution is -2.41. The van der Waals surface area contributed by atoms with Crippen LogP contribution in [-0.2, 0) is 17.8 Å². The zero-order chi connectivity index (χ0) is 18.8. The molecule has 0 radical (unpaired) electrons. The fourth-order valence-electron chi connectivity index (χ4n) is 3.84. The molecule has 140 valence electrons. The summed E-state index contributed by atoms with van der Waals surface area (Å²) in [5.74, 6) is 0.453. The van der Waals surface area contributed by atoms with Crippen molar-refractivity contribution in [3.8, 4) is 0 Å². The summed E-state index contributed by atoms with van der Waals surface area (Å²) in [6, 6.07) is 15.7. The third kappa shape index (κ3) is 3.55. The van der Waals surface area contributed by atoms with Crippen LogP contribution in [0.3, 0.4) is 0 Å². The van der Waals surface area contributed by atoms with Crippen molar-refractivity contribution in [2.45, 2.75) is 25.8 Å². The van der Waals surface area contributed by atoms with Crippen molar-refractivity contribution in [3.05, 3.63) is 64.4 Å². The molecule has 1 amide bonds. The molecule has 0 bridgehead atoms. The highest BCUT2D eigenvalue weighted by atomic mass is 32.1. The number of benzene rings is 2. The normalized spacial score (nSPS) is 16.5. The van der Waals surface area contributed by atoms with Crippen LogP contribution in [-0.4, -0.2) is 23.0 Å². The highest BCUT2D eigenvalue weighted by molar-refractivity contribution is 7.13. The summed E-state index contributed by atoms with van der Waals surface area (Å²) >= 11 is 1.42. The first kappa shape index (κ1) is 17.9. The molecule has 0 saturated carbocycles. The Morgan fingerprint density at radius 2 is 1.93 bits per heavy atom. The number of nitrogens with zero attached hydrogens (tertiary/aromatic N) is 2. The molecule has 5 nitrogen and oxygen atoms in total. The Bertz CT molecular complexity index is 1020. The zero-order valence-electron chi connectivity index (χ0n) is 15.1. The molecule has 0 aliphatic carbocycles. The van der Waals surface area contributed by atoms with Crippen molar-refractivity contribution in [1.82, 2.24) is 3.96 Å². The molecule has 0 spiro atoms. The van der Waals surface area contributed by atoms with Gasteiger partial charge in [-0.05, 0) is 49.1 Å². The van der Waals surface area contributed by atoms with Crippen LogP contribution in [0.5, 0.6) is 0 Å². The first-order chi connectivity index (χ1) is 13.2. The van der Waals surface area contributed by atoms with Gasteiger partial charge in [-0.1, -0.05) is 41.9 Å². The van der Waals surface area contributed by atoms with Crippen molar-refractivity contribution >= 4 is 33.2 Å². The van der Waals surface area contributed by atoms with Crippen molar-refractivity contribution in [1.29, 1.82) is 0 Å². The Labute approximate surface area is 162 Å². The third-order valence-electron chi connectivity index (χ3n) is 5.19. The molecular weight excluding hydrogens is 358 g/mol. The summed E-state index contributed by atoms with van der Waals surface area (Å²) in [4.78, 5) is 27.4. The van der Waals surface area contributed by atoms with E-state index >= 15 is 0 Å². The molecule has 6 heteroatoms. The van der Waals surface area contributed by atoms with Gasteiger partial charge < -0.3 is 10.6 Å². The van der Waals surface area contributed by atoms with Crippen LogP contribution in [0.25, 0.3) is 10.1 Å². The second-order valence-corrected chi connectivity index (χ2v) is 8.09. The van der Waals surface area contributed by atoms with Crippen LogP contribution in [0.2, 0.25) is 0 Å². The predicted octanol–water partition coefficient (Wildman–Crippen LogP) is 3.01. The summed E-state index contributed by atoms with van der Waals surface area (Å²) in [5, 5.41) is 0.723. The van der Waals surface area contributed by atoms with Crippen molar-refractivity contribution in [2.75, 3.05) is 18.0 Å². The topological polar surface area (TPSA) is 68.3 Å². The molecule has 4 rings (SSSR count). The number of hydrogen-bond acceptors (Lipinski definition) is 4. The van der Waals surface area contributed by atoms with Crippen LogP contribution in [0, 0.1) is 5.92 Å². The molecule has 1 aromatic heterocycles. The molecule has 1 aliphatic heterocycles. The monoisotopic (exact) mass is 381 g/mol. The minimum atomic E-state index is -0.0107. The number of hydrogen-bond donors (Lipinski definition) is 1. The van der Waals surface area contributed by atoms with Crippen molar-refractivity contribution < 1.29 is 4.79 Å². The molecule has 1 atom stereocenters. The predicted molar refractivity (Wildman–Crippen MR) is 110 cm³/mol. The SMILES string of the molecule is NCCC1Cc2ccccc2N(C(=O)CCn2sc3ccccc3c2=O)C1. The van der Waals surface area contributed by atoms with Crippen LogP contribution in [0.4, 0.5) is 5.69 Å². The van der Waals surface area contributed by atoms with Crippen molar-refractivity contribution in [2.24, 2.45) is 11.7 Å². The summed E-state index contributed by atoms with van der Waals surface area (Å²) < 4.78 is 2.65. The number of carbonyl (C=O) groups is 1. The third-order valence-corrected chi connectivity index (χ3v) is 6.31. The molecule has 2 heterocycles. The molecule has 0 fully saturated rings. The summed E-state index contributed by atoms with van der Waals surface area (Å²) in [6.07, 6.45) is 2.19. The number of anilines is 1. The second-order valence-electron chi connectivity index (χ2n) is 7.03. The largest absolute Gasteiger partial charge is 0.330 e. The van der Waals surface area contributed by atoms with E-state index < -0.39 is 0 Å². The zero-order valence-corrected chi connectivity index (χ0v) is 16.0. The summed E-state index contributed by atoms with van der Waals surface area (Å²) in [6.45, 7) is 1.75. The summed E-state index contributed by atoms with van der Waals surface area (Å²) in [5.41, 5.74) is 7.94. The Kier molecular flexibility index (Phi) is 5.09. The van der Waals surface area contributed by atoms with Gasteiger partial charge in [-0.15, -0.1) is 0 Å². The van der Waals surface area contributed by atoms with Crippen LogP contribution in [0.1, 0.15) is 18.4 Å². The van der Waals surface area contributed by atoms with Gasteiger partial charge in [-0.25, -0.2) is 0 Å². The van der Waals surface area contributed by atoms with Gasteiger partial charge in [0, 0.05) is 25.2 Å². The van der Waals surface area contributed by atoms with Gasteiger partial charge in [-0.2, -0.15) is 0 Å². The van der Waals surface area contributed by atoms with E-state index in [0.717, 1.165) is 28.6 Å². The van der Waals surface area contributed by atoms with Gasteiger partial charge in [-0.3, -0.25) is 13.5 Å². The van der Waals surface area contributed by atoms with Gasteiger partial charge in [0.1, 0.15) is 0 Å². The molecule has 2 aromatic carbocycles. The van der Waals surface area contributed by atoms with Crippen LogP contribution < -0.4 is 16.2 Å². The number of amides is 1. The maximum atomic E-state index is 13.0. The average molecular weight is 382 g/mol. The van der Waals surface area contributed by atoms with Gasteiger partial charge in [0.25, 0.3) is 5.56 Å². The average Bonchev–Trinajstić information content (AvgIpc) is 3.02. The lowest BCUT2D eigenvalue weighted by molar-refractivity contribution is -0.119. The number of aromatic nitrogens is 1. The summed E-state index contributed by atoms with van der Waals surface area (Å²) in [7, 11) is 0. The fourth-order valence-corrected chi connectivity index (χ4v) is 4.84. The molecule has 2 N–H and O–H groups in total. The molecular formula is C21H23N3O2S. The maximum Gasteiger partial charge on any atom is 0.268 e. The maximum absolute atomic E-state index is 13.0. The quantitative estimate of drug-likeness (QED) is 0.739. The van der Waals surface area contributed by atoms with E-state index in [0.29, 0.717) is 32.0 Å². The Morgan fingerprint density at radius 3 is 2.74 bits per heavy atom. The van der Waals surface area contributed by atoms with E-state index in [4.69, 9.17) is 5.73 Å². The van der Waals surface area contributed by atoms with Gasteiger partial charge in [0.15, 0.2) is 0 Å². The number of aryl methyl sites for hydroxylation is 1. The smallest absolute Gasteiger partial charge is 0.268 e. The van der Waals surface area contributed by atoms with E-state index in [1.807, 2.05) is 47.4 Å². The molecule has 0 saturated heterocycles. The minimum Gasteiger partial charge on any atom is -0.330 e. The van der Waals surface area contributed by atoms with E-state index in [1.165, 1.54) is 17.1 Å². The van der Waals surface area contributed by atoms with E-state index in [-0.39, 0.29) is 11.5 Å². The number of rotatable bonds is 5. The Morgan fingerprint density at radius 1 is 1.15 bits per heavy atom. The first-order valence-corrected chi connectivity index (χ1v) is 10.1. The molecule has 1 unspecified atom stereocenters. The fraction of sp³-hybridized carbons (Fsp3) is 0.333. The number of fused-ring (bicyclic) bond motifs is 2. The standard InChI is InChI=1S/C21H23N3O2S/c22-11-9-15-13-16-5-1-3-7-18(16)23(14-15)20(25)10-12-24-21(26)17-6-2-4-8-19(17)27-24/h1-8,15H,9-14,22H2. The number of para-hydroxylation sites is 1. The van der Waals surface area contributed by atoms with Gasteiger partial charge in [0.2, 0.25) is 5.91 Å². The van der Waals surface area contributed by atoms with Crippen molar-refractivity contribution in [3.63, 3.8) is 0 Å². The highest BCUT2D eigenvalue weighted by Crippen LogP contribution is 2.31. The van der Waals surface area contributed by atoms with E-state index in [1.54, 1.807) is 3.96 Å². The van der Waals surface area contributed by atoms with E-state index in [2.05, 4.69) is 6.07 Å². The lowest BCUT2D eigenvalue weighted by atomic mass is 9.90. The molecule has 3 aromatic rings. The Balaban J connectivity index is 1.53. The van der Waals surface area contributed by atoms with E-state index in [9.17, 15) is 9.59 Å². The van der Waals surface area contributed by atoms with Crippen LogP contribution in [0.15, 0.2) is 53.3 Å². The Hall–Kier alpha value is -2.44. The van der Waals surface area contributed by atoms with Gasteiger partial charge >= 0.3 is 0 Å². The minimum absolute atomic E-state index is 0.0107. The second kappa shape index (κ2) is 7.66. The first-order valence-electron chi connectivity index (χ1n) is 9.34. The number of nitrogens with two attached hydrogens (primary N) is 1. The lowest BCUT2D eigenvalue weighted by Gasteiger charge is -2.34. The molecule has 27 heavy (non-hydrogen) atoms.